The van der Waals surface area contributed by atoms with Crippen LogP contribution in [0.5, 0.6) is 0 Å². The summed E-state index contributed by atoms with van der Waals surface area (Å²) in [5.74, 6) is -0.143. The Hall–Kier alpha value is -2.22. The zero-order valence-corrected chi connectivity index (χ0v) is 13.3. The van der Waals surface area contributed by atoms with E-state index in [-0.39, 0.29) is 19.0 Å². The van der Waals surface area contributed by atoms with Crippen LogP contribution in [-0.4, -0.2) is 42.7 Å². The number of aliphatic carboxylic acids is 1. The molecule has 1 aromatic carbocycles. The van der Waals surface area contributed by atoms with Gasteiger partial charge in [0.15, 0.2) is 5.82 Å². The highest BCUT2D eigenvalue weighted by Crippen LogP contribution is 2.24. The van der Waals surface area contributed by atoms with Crippen molar-refractivity contribution in [2.45, 2.75) is 26.1 Å². The zero-order chi connectivity index (χ0) is 15.9. The Morgan fingerprint density at radius 3 is 2.73 bits per heavy atom. The summed E-state index contributed by atoms with van der Waals surface area (Å²) in [6, 6.07) is 6.01. The minimum absolute atomic E-state index is 0.123. The summed E-state index contributed by atoms with van der Waals surface area (Å²) in [5.41, 5.74) is 0.429. The van der Waals surface area contributed by atoms with E-state index in [4.69, 9.17) is 0 Å². The first-order valence-electron chi connectivity index (χ1n) is 6.66. The molecule has 8 heteroatoms. The molecular formula is C14H13BrN4O3. The molecule has 0 radical (unpaired) electrons. The van der Waals surface area contributed by atoms with Crippen molar-refractivity contribution in [2.75, 3.05) is 0 Å². The topological polar surface area (TPSA) is 88.3 Å². The lowest BCUT2D eigenvalue weighted by atomic mass is 10.1. The third kappa shape index (κ3) is 2.39. The number of aryl methyl sites for hydroxylation is 1. The van der Waals surface area contributed by atoms with Crippen LogP contribution in [0.15, 0.2) is 28.7 Å². The molecule has 7 nitrogen and oxygen atoms in total. The lowest BCUT2D eigenvalue weighted by Crippen LogP contribution is -2.50. The van der Waals surface area contributed by atoms with Gasteiger partial charge in [0.05, 0.1) is 18.7 Å². The summed E-state index contributed by atoms with van der Waals surface area (Å²) in [5, 5.41) is 17.4. The second-order valence-electron chi connectivity index (χ2n) is 5.04. The number of benzene rings is 1. The van der Waals surface area contributed by atoms with E-state index in [0.717, 1.165) is 0 Å². The van der Waals surface area contributed by atoms with Gasteiger partial charge in [0.25, 0.3) is 5.91 Å². The number of aromatic nitrogens is 3. The maximum Gasteiger partial charge on any atom is 0.328 e. The van der Waals surface area contributed by atoms with Crippen LogP contribution in [0.3, 0.4) is 0 Å². The van der Waals surface area contributed by atoms with Crippen LogP contribution < -0.4 is 0 Å². The van der Waals surface area contributed by atoms with Crippen LogP contribution in [-0.2, 0) is 17.9 Å². The van der Waals surface area contributed by atoms with E-state index < -0.39 is 12.0 Å². The number of carboxylic acid groups (broad SMARTS) is 1. The van der Waals surface area contributed by atoms with Gasteiger partial charge in [-0.3, -0.25) is 4.79 Å². The Balaban J connectivity index is 1.99. The van der Waals surface area contributed by atoms with E-state index in [1.807, 2.05) is 0 Å². The maximum absolute atomic E-state index is 12.7. The summed E-state index contributed by atoms with van der Waals surface area (Å²) in [6.45, 7) is 2.04. The number of amides is 1. The molecule has 0 saturated heterocycles. The van der Waals surface area contributed by atoms with E-state index in [9.17, 15) is 14.7 Å². The van der Waals surface area contributed by atoms with Crippen molar-refractivity contribution in [2.24, 2.45) is 0 Å². The number of hydrogen-bond donors (Lipinski definition) is 1. The SMILES string of the molecule is Cc1nnc2n1CC(C(=O)O)N(C(=O)c1ccccc1Br)C2. The third-order valence-electron chi connectivity index (χ3n) is 3.71. The molecule has 0 saturated carbocycles. The van der Waals surface area contributed by atoms with Gasteiger partial charge < -0.3 is 14.6 Å². The highest BCUT2D eigenvalue weighted by atomic mass is 79.9. The van der Waals surface area contributed by atoms with Crippen LogP contribution in [0.25, 0.3) is 0 Å². The van der Waals surface area contributed by atoms with Gasteiger partial charge in [0.2, 0.25) is 0 Å². The Morgan fingerprint density at radius 1 is 1.32 bits per heavy atom. The molecule has 2 heterocycles. The summed E-state index contributed by atoms with van der Waals surface area (Å²) in [4.78, 5) is 25.6. The van der Waals surface area contributed by atoms with Crippen LogP contribution in [0, 0.1) is 6.92 Å². The maximum atomic E-state index is 12.7. The quantitative estimate of drug-likeness (QED) is 0.871. The molecule has 0 aliphatic carbocycles. The number of carbonyl (C=O) groups is 2. The fraction of sp³-hybridized carbons (Fsp3) is 0.286. The standard InChI is InChI=1S/C14H13BrN4O3/c1-8-16-17-12-7-19(11(14(21)22)6-18(8)12)13(20)9-4-2-3-5-10(9)15/h2-5,11H,6-7H2,1H3,(H,21,22). The van der Waals surface area contributed by atoms with Crippen molar-refractivity contribution in [1.82, 2.24) is 19.7 Å². The Kier molecular flexibility index (Phi) is 3.69. The van der Waals surface area contributed by atoms with E-state index in [0.29, 0.717) is 21.7 Å². The smallest absolute Gasteiger partial charge is 0.328 e. The summed E-state index contributed by atoms with van der Waals surface area (Å²) < 4.78 is 2.37. The number of hydrogen-bond acceptors (Lipinski definition) is 4. The number of fused-ring (bicyclic) bond motifs is 1. The number of nitrogens with zero attached hydrogens (tertiary/aromatic N) is 4. The monoisotopic (exact) mass is 364 g/mol. The fourth-order valence-corrected chi connectivity index (χ4v) is 2.98. The van der Waals surface area contributed by atoms with Crippen LogP contribution in [0.2, 0.25) is 0 Å². The van der Waals surface area contributed by atoms with E-state index in [1.165, 1.54) is 4.90 Å². The number of carbonyl (C=O) groups excluding carboxylic acids is 1. The van der Waals surface area contributed by atoms with Gasteiger partial charge >= 0.3 is 5.97 Å². The van der Waals surface area contributed by atoms with Crippen LogP contribution in [0.1, 0.15) is 22.0 Å². The molecule has 1 N–H and O–H groups in total. The molecule has 22 heavy (non-hydrogen) atoms. The van der Waals surface area contributed by atoms with Gasteiger partial charge in [-0.1, -0.05) is 12.1 Å². The molecule has 1 amide bonds. The average molecular weight is 365 g/mol. The summed E-state index contributed by atoms with van der Waals surface area (Å²) in [7, 11) is 0. The highest BCUT2D eigenvalue weighted by molar-refractivity contribution is 9.10. The van der Waals surface area contributed by atoms with Crippen molar-refractivity contribution in [1.29, 1.82) is 0 Å². The van der Waals surface area contributed by atoms with Gasteiger partial charge in [-0.05, 0) is 35.0 Å². The van der Waals surface area contributed by atoms with Gasteiger partial charge in [-0.15, -0.1) is 10.2 Å². The largest absolute Gasteiger partial charge is 0.480 e. The second kappa shape index (κ2) is 5.53. The molecule has 1 aliphatic rings. The second-order valence-corrected chi connectivity index (χ2v) is 5.90. The van der Waals surface area contributed by atoms with Gasteiger partial charge in [0.1, 0.15) is 11.9 Å². The van der Waals surface area contributed by atoms with E-state index in [2.05, 4.69) is 26.1 Å². The molecule has 1 aromatic heterocycles. The fourth-order valence-electron chi connectivity index (χ4n) is 2.53. The van der Waals surface area contributed by atoms with Gasteiger partial charge in [-0.25, -0.2) is 4.79 Å². The van der Waals surface area contributed by atoms with Crippen molar-refractivity contribution in [3.63, 3.8) is 0 Å². The number of carboxylic acids is 1. The van der Waals surface area contributed by atoms with Crippen molar-refractivity contribution in [3.8, 4) is 0 Å². The average Bonchev–Trinajstić information content (AvgIpc) is 2.86. The first kappa shape index (κ1) is 14.7. The summed E-state index contributed by atoms with van der Waals surface area (Å²) in [6.07, 6.45) is 0. The van der Waals surface area contributed by atoms with Gasteiger partial charge in [0, 0.05) is 4.47 Å². The third-order valence-corrected chi connectivity index (χ3v) is 4.40. The summed E-state index contributed by atoms with van der Waals surface area (Å²) >= 11 is 3.33. The molecule has 2 aromatic rings. The molecule has 0 spiro atoms. The molecule has 3 rings (SSSR count). The Labute approximate surface area is 134 Å². The molecule has 0 bridgehead atoms. The van der Waals surface area contributed by atoms with E-state index >= 15 is 0 Å². The normalized spacial score (nSPS) is 17.2. The van der Waals surface area contributed by atoms with Crippen LogP contribution >= 0.6 is 15.9 Å². The number of halogens is 1. The van der Waals surface area contributed by atoms with Crippen molar-refractivity contribution in [3.05, 3.63) is 46.0 Å². The first-order valence-corrected chi connectivity index (χ1v) is 7.45. The molecule has 1 aliphatic heterocycles. The van der Waals surface area contributed by atoms with Crippen molar-refractivity contribution >= 4 is 27.8 Å². The van der Waals surface area contributed by atoms with Gasteiger partial charge in [-0.2, -0.15) is 0 Å². The first-order chi connectivity index (χ1) is 10.5. The molecule has 1 unspecified atom stereocenters. The predicted molar refractivity (Wildman–Crippen MR) is 80.2 cm³/mol. The minimum atomic E-state index is -1.04. The molecule has 114 valence electrons. The molecular weight excluding hydrogens is 352 g/mol. The van der Waals surface area contributed by atoms with E-state index in [1.54, 1.807) is 35.8 Å². The van der Waals surface area contributed by atoms with Crippen molar-refractivity contribution < 1.29 is 14.7 Å². The highest BCUT2D eigenvalue weighted by Gasteiger charge is 2.37. The zero-order valence-electron chi connectivity index (χ0n) is 11.7. The van der Waals surface area contributed by atoms with Crippen LogP contribution in [0.4, 0.5) is 0 Å². The molecule has 1 atom stereocenters. The Morgan fingerprint density at radius 2 is 2.05 bits per heavy atom. The predicted octanol–water partition coefficient (Wildman–Crippen LogP) is 1.46. The number of rotatable bonds is 2. The Bertz CT molecular complexity index is 758. The lowest BCUT2D eigenvalue weighted by molar-refractivity contribution is -0.143. The lowest BCUT2D eigenvalue weighted by Gasteiger charge is -2.33. The molecule has 0 fully saturated rings. The minimum Gasteiger partial charge on any atom is -0.480 e.